The summed E-state index contributed by atoms with van der Waals surface area (Å²) in [7, 11) is 0. The number of rotatable bonds is 3. The van der Waals surface area contributed by atoms with Crippen molar-refractivity contribution < 1.29 is 9.13 Å². The summed E-state index contributed by atoms with van der Waals surface area (Å²) in [5, 5.41) is 0. The first-order chi connectivity index (χ1) is 6.66. The number of hydrogen-bond donors (Lipinski definition) is 0. The van der Waals surface area contributed by atoms with E-state index in [0.29, 0.717) is 0 Å². The Bertz CT molecular complexity index is 334. The summed E-state index contributed by atoms with van der Waals surface area (Å²) in [4.78, 5) is 3.86. The van der Waals surface area contributed by atoms with Crippen molar-refractivity contribution in [3.05, 3.63) is 23.8 Å². The summed E-state index contributed by atoms with van der Waals surface area (Å²) in [6.45, 7) is 3.98. The van der Waals surface area contributed by atoms with Crippen LogP contribution in [0.3, 0.4) is 0 Å². The molecule has 76 valence electrons. The van der Waals surface area contributed by atoms with Crippen LogP contribution in [-0.4, -0.2) is 11.1 Å². The lowest BCUT2D eigenvalue weighted by atomic mass is 10.1. The first-order valence-electron chi connectivity index (χ1n) is 5.00. The molecule has 1 heterocycles. The summed E-state index contributed by atoms with van der Waals surface area (Å²) >= 11 is 0. The molecule has 0 spiro atoms. The van der Waals surface area contributed by atoms with Crippen LogP contribution in [0.25, 0.3) is 0 Å². The Hall–Kier alpha value is -1.12. The van der Waals surface area contributed by atoms with Crippen molar-refractivity contribution >= 4 is 0 Å². The Morgan fingerprint density at radius 3 is 2.64 bits per heavy atom. The Labute approximate surface area is 83.1 Å². The number of hydrogen-bond acceptors (Lipinski definition) is 2. The number of ether oxygens (including phenoxy) is 1. The number of pyridine rings is 1. The van der Waals surface area contributed by atoms with Gasteiger partial charge in [0.25, 0.3) is 5.95 Å². The van der Waals surface area contributed by atoms with E-state index in [2.05, 4.69) is 4.98 Å². The van der Waals surface area contributed by atoms with E-state index in [0.717, 1.165) is 18.5 Å². The molecule has 14 heavy (non-hydrogen) atoms. The molecule has 0 unspecified atom stereocenters. The minimum atomic E-state index is -0.483. The molecule has 0 aliphatic heterocycles. The van der Waals surface area contributed by atoms with Crippen LogP contribution in [0.2, 0.25) is 0 Å². The van der Waals surface area contributed by atoms with E-state index in [9.17, 15) is 4.39 Å². The van der Waals surface area contributed by atoms with Gasteiger partial charge in [0.05, 0.1) is 6.10 Å². The van der Waals surface area contributed by atoms with E-state index >= 15 is 0 Å². The second-order valence-electron chi connectivity index (χ2n) is 4.00. The van der Waals surface area contributed by atoms with Crippen molar-refractivity contribution in [2.24, 2.45) is 0 Å². The molecule has 2 nitrogen and oxygen atoms in total. The molecule has 0 atom stereocenters. The molecule has 1 saturated carbocycles. The third-order valence-electron chi connectivity index (χ3n) is 2.25. The van der Waals surface area contributed by atoms with Gasteiger partial charge < -0.3 is 4.74 Å². The van der Waals surface area contributed by atoms with E-state index in [1.54, 1.807) is 6.07 Å². The molecule has 1 fully saturated rings. The van der Waals surface area contributed by atoms with Crippen molar-refractivity contribution in [3.8, 4) is 5.75 Å². The smallest absolute Gasteiger partial charge is 0.255 e. The molecule has 0 N–H and O–H groups in total. The van der Waals surface area contributed by atoms with Crippen molar-refractivity contribution in [1.82, 2.24) is 4.98 Å². The standard InChI is InChI=1S/C11H14FNO/c1-7(2)9-5-6-10(11(12)13-9)14-8-3-4-8/h5-8H,3-4H2,1-2H3. The van der Waals surface area contributed by atoms with Gasteiger partial charge >= 0.3 is 0 Å². The van der Waals surface area contributed by atoms with Gasteiger partial charge in [-0.2, -0.15) is 4.39 Å². The van der Waals surface area contributed by atoms with Crippen LogP contribution in [0.5, 0.6) is 5.75 Å². The maximum absolute atomic E-state index is 13.4. The largest absolute Gasteiger partial charge is 0.486 e. The lowest BCUT2D eigenvalue weighted by molar-refractivity contribution is 0.282. The van der Waals surface area contributed by atoms with Gasteiger partial charge in [-0.1, -0.05) is 13.8 Å². The molecule has 0 aromatic carbocycles. The first-order valence-corrected chi connectivity index (χ1v) is 5.00. The second-order valence-corrected chi connectivity index (χ2v) is 4.00. The molecule has 0 amide bonds. The highest BCUT2D eigenvalue weighted by Gasteiger charge is 2.25. The normalized spacial score (nSPS) is 16.0. The van der Waals surface area contributed by atoms with Crippen LogP contribution in [0.1, 0.15) is 38.3 Å². The van der Waals surface area contributed by atoms with E-state index in [-0.39, 0.29) is 17.8 Å². The summed E-state index contributed by atoms with van der Waals surface area (Å²) in [6.07, 6.45) is 2.28. The molecular formula is C11H14FNO. The summed E-state index contributed by atoms with van der Waals surface area (Å²) in [6, 6.07) is 3.50. The molecule has 3 heteroatoms. The molecule has 0 bridgehead atoms. The average molecular weight is 195 g/mol. The molecular weight excluding hydrogens is 181 g/mol. The van der Waals surface area contributed by atoms with Gasteiger partial charge in [-0.15, -0.1) is 0 Å². The van der Waals surface area contributed by atoms with Gasteiger partial charge in [0.15, 0.2) is 5.75 Å². The van der Waals surface area contributed by atoms with Gasteiger partial charge in [0.1, 0.15) is 0 Å². The fourth-order valence-corrected chi connectivity index (χ4v) is 1.21. The average Bonchev–Trinajstić information content (AvgIpc) is 2.92. The number of nitrogens with zero attached hydrogens (tertiary/aromatic N) is 1. The highest BCUT2D eigenvalue weighted by Crippen LogP contribution is 2.28. The molecule has 2 rings (SSSR count). The molecule has 1 aliphatic rings. The van der Waals surface area contributed by atoms with E-state index in [1.807, 2.05) is 19.9 Å². The van der Waals surface area contributed by atoms with Crippen LogP contribution in [-0.2, 0) is 0 Å². The van der Waals surface area contributed by atoms with Gasteiger partial charge in [-0.05, 0) is 30.9 Å². The highest BCUT2D eigenvalue weighted by molar-refractivity contribution is 5.23. The fourth-order valence-electron chi connectivity index (χ4n) is 1.21. The van der Waals surface area contributed by atoms with Gasteiger partial charge in [0.2, 0.25) is 0 Å². The quantitative estimate of drug-likeness (QED) is 0.692. The third kappa shape index (κ3) is 2.03. The Kier molecular flexibility index (Phi) is 2.40. The minimum absolute atomic E-state index is 0.219. The third-order valence-corrected chi connectivity index (χ3v) is 2.25. The van der Waals surface area contributed by atoms with Crippen molar-refractivity contribution in [2.75, 3.05) is 0 Å². The van der Waals surface area contributed by atoms with Crippen LogP contribution >= 0.6 is 0 Å². The van der Waals surface area contributed by atoms with Crippen molar-refractivity contribution in [1.29, 1.82) is 0 Å². The fraction of sp³-hybridized carbons (Fsp3) is 0.545. The molecule has 1 aromatic rings. The molecule has 0 radical (unpaired) electrons. The molecule has 0 saturated heterocycles. The zero-order valence-electron chi connectivity index (χ0n) is 8.46. The molecule has 1 aliphatic carbocycles. The van der Waals surface area contributed by atoms with E-state index in [4.69, 9.17) is 4.74 Å². The monoisotopic (exact) mass is 195 g/mol. The molecule has 1 aromatic heterocycles. The number of aromatic nitrogens is 1. The lowest BCUT2D eigenvalue weighted by Crippen LogP contribution is -2.02. The van der Waals surface area contributed by atoms with E-state index < -0.39 is 5.95 Å². The predicted molar refractivity (Wildman–Crippen MR) is 51.9 cm³/mol. The lowest BCUT2D eigenvalue weighted by Gasteiger charge is -2.08. The summed E-state index contributed by atoms with van der Waals surface area (Å²) < 4.78 is 18.7. The zero-order valence-corrected chi connectivity index (χ0v) is 8.46. The summed E-state index contributed by atoms with van der Waals surface area (Å²) in [5.74, 6) is 0.0551. The topological polar surface area (TPSA) is 22.1 Å². The zero-order chi connectivity index (χ0) is 10.1. The minimum Gasteiger partial charge on any atom is -0.486 e. The van der Waals surface area contributed by atoms with Crippen LogP contribution < -0.4 is 4.74 Å². The Morgan fingerprint density at radius 1 is 1.43 bits per heavy atom. The number of halogens is 1. The predicted octanol–water partition coefficient (Wildman–Crippen LogP) is 2.89. The van der Waals surface area contributed by atoms with Crippen molar-refractivity contribution in [2.45, 2.75) is 38.7 Å². The van der Waals surface area contributed by atoms with Gasteiger partial charge in [-0.3, -0.25) is 0 Å². The van der Waals surface area contributed by atoms with Crippen LogP contribution in [0.4, 0.5) is 4.39 Å². The van der Waals surface area contributed by atoms with Crippen LogP contribution in [0, 0.1) is 5.95 Å². The maximum Gasteiger partial charge on any atom is 0.255 e. The first kappa shape index (κ1) is 9.44. The van der Waals surface area contributed by atoms with Gasteiger partial charge in [-0.25, -0.2) is 4.98 Å². The SMILES string of the molecule is CC(C)c1ccc(OC2CC2)c(F)n1. The van der Waals surface area contributed by atoms with E-state index in [1.165, 1.54) is 0 Å². The van der Waals surface area contributed by atoms with Gasteiger partial charge in [0, 0.05) is 5.69 Å². The summed E-state index contributed by atoms with van der Waals surface area (Å²) in [5.41, 5.74) is 0.769. The Balaban J connectivity index is 2.17. The Morgan fingerprint density at radius 2 is 2.14 bits per heavy atom. The van der Waals surface area contributed by atoms with Crippen molar-refractivity contribution in [3.63, 3.8) is 0 Å². The maximum atomic E-state index is 13.4. The van der Waals surface area contributed by atoms with Crippen LogP contribution in [0.15, 0.2) is 12.1 Å². The highest BCUT2D eigenvalue weighted by atomic mass is 19.1. The second kappa shape index (κ2) is 3.56.